The summed E-state index contributed by atoms with van der Waals surface area (Å²) in [5.41, 5.74) is 1.44. The normalized spacial score (nSPS) is 11.7. The maximum Gasteiger partial charge on any atom is 0.247 e. The molecule has 2 N–H and O–H groups in total. The van der Waals surface area contributed by atoms with Crippen molar-refractivity contribution in [2.24, 2.45) is 5.92 Å². The van der Waals surface area contributed by atoms with E-state index in [-0.39, 0.29) is 24.2 Å². The van der Waals surface area contributed by atoms with E-state index >= 15 is 0 Å². The Hall–Kier alpha value is -2.53. The first kappa shape index (κ1) is 19.8. The molecule has 0 aliphatic carbocycles. The van der Waals surface area contributed by atoms with Crippen LogP contribution in [0.15, 0.2) is 48.5 Å². The Morgan fingerprint density at radius 2 is 1.81 bits per heavy atom. The Bertz CT molecular complexity index is 763. The van der Waals surface area contributed by atoms with Gasteiger partial charge in [0.1, 0.15) is 11.8 Å². The molecule has 26 heavy (non-hydrogen) atoms. The molecule has 0 radical (unpaired) electrons. The molecule has 5 nitrogen and oxygen atoms in total. The molecule has 0 fully saturated rings. The average Bonchev–Trinajstić information content (AvgIpc) is 2.60. The first-order valence-electron chi connectivity index (χ1n) is 8.38. The van der Waals surface area contributed by atoms with Gasteiger partial charge in [0.15, 0.2) is 0 Å². The molecular formula is C20H23ClN2O3. The minimum atomic E-state index is -0.646. The summed E-state index contributed by atoms with van der Waals surface area (Å²) < 4.78 is 5.10. The van der Waals surface area contributed by atoms with Crippen LogP contribution < -0.4 is 15.4 Å². The first-order chi connectivity index (χ1) is 12.4. The van der Waals surface area contributed by atoms with Gasteiger partial charge in [0.05, 0.1) is 18.6 Å². The minimum Gasteiger partial charge on any atom is -0.495 e. The fourth-order valence-corrected chi connectivity index (χ4v) is 2.76. The van der Waals surface area contributed by atoms with Crippen LogP contribution in [0.5, 0.6) is 5.75 Å². The lowest BCUT2D eigenvalue weighted by molar-refractivity contribution is -0.127. The first-order valence-corrected chi connectivity index (χ1v) is 8.76. The molecule has 0 aliphatic rings. The van der Waals surface area contributed by atoms with E-state index in [0.29, 0.717) is 16.5 Å². The van der Waals surface area contributed by atoms with Crippen LogP contribution in [-0.2, 0) is 16.0 Å². The minimum absolute atomic E-state index is 0.0663. The quantitative estimate of drug-likeness (QED) is 0.777. The Morgan fingerprint density at radius 1 is 1.12 bits per heavy atom. The maximum absolute atomic E-state index is 12.6. The lowest BCUT2D eigenvalue weighted by atomic mass is 10.0. The molecule has 2 aromatic carbocycles. The van der Waals surface area contributed by atoms with Crippen LogP contribution in [0.1, 0.15) is 19.4 Å². The van der Waals surface area contributed by atoms with E-state index in [1.807, 2.05) is 44.2 Å². The van der Waals surface area contributed by atoms with Crippen molar-refractivity contribution in [1.82, 2.24) is 5.32 Å². The number of hydrogen-bond acceptors (Lipinski definition) is 3. The predicted octanol–water partition coefficient (Wildman–Crippen LogP) is 3.67. The summed E-state index contributed by atoms with van der Waals surface area (Å²) in [4.78, 5) is 24.9. The van der Waals surface area contributed by atoms with E-state index < -0.39 is 6.04 Å². The van der Waals surface area contributed by atoms with Crippen LogP contribution in [-0.4, -0.2) is 25.0 Å². The summed E-state index contributed by atoms with van der Waals surface area (Å²) in [7, 11) is 1.52. The largest absolute Gasteiger partial charge is 0.495 e. The highest BCUT2D eigenvalue weighted by molar-refractivity contribution is 6.32. The molecule has 0 saturated carbocycles. The van der Waals surface area contributed by atoms with Gasteiger partial charge in [-0.25, -0.2) is 0 Å². The standard InChI is InChI=1S/C20H23ClN2O3/c1-13(2)19(23-18(24)11-14-7-5-4-6-8-14)20(25)22-15-9-10-17(26-3)16(21)12-15/h4-10,12-13,19H,11H2,1-3H3,(H,22,25)(H,23,24). The van der Waals surface area contributed by atoms with Crippen molar-refractivity contribution < 1.29 is 14.3 Å². The molecule has 2 amide bonds. The summed E-state index contributed by atoms with van der Waals surface area (Å²) in [5, 5.41) is 6.01. The number of anilines is 1. The Morgan fingerprint density at radius 3 is 2.38 bits per heavy atom. The van der Waals surface area contributed by atoms with Gasteiger partial charge in [-0.05, 0) is 29.7 Å². The molecule has 0 spiro atoms. The summed E-state index contributed by atoms with van der Waals surface area (Å²) >= 11 is 6.08. The number of carbonyl (C=O) groups excluding carboxylic acids is 2. The fraction of sp³-hybridized carbons (Fsp3) is 0.300. The van der Waals surface area contributed by atoms with Crippen molar-refractivity contribution in [3.63, 3.8) is 0 Å². The zero-order chi connectivity index (χ0) is 19.1. The van der Waals surface area contributed by atoms with Gasteiger partial charge in [0, 0.05) is 5.69 Å². The van der Waals surface area contributed by atoms with Gasteiger partial charge in [0.2, 0.25) is 11.8 Å². The van der Waals surface area contributed by atoms with Gasteiger partial charge in [-0.2, -0.15) is 0 Å². The van der Waals surface area contributed by atoms with Gasteiger partial charge in [-0.15, -0.1) is 0 Å². The SMILES string of the molecule is COc1ccc(NC(=O)C(NC(=O)Cc2ccccc2)C(C)C)cc1Cl. The van der Waals surface area contributed by atoms with E-state index in [2.05, 4.69) is 10.6 Å². The van der Waals surface area contributed by atoms with Gasteiger partial charge < -0.3 is 15.4 Å². The Kier molecular flexibility index (Phi) is 7.04. The van der Waals surface area contributed by atoms with Gasteiger partial charge in [-0.3, -0.25) is 9.59 Å². The van der Waals surface area contributed by atoms with Crippen LogP contribution in [0.4, 0.5) is 5.69 Å². The number of methoxy groups -OCH3 is 1. The highest BCUT2D eigenvalue weighted by Gasteiger charge is 2.24. The van der Waals surface area contributed by atoms with Crippen LogP contribution >= 0.6 is 11.6 Å². The molecule has 2 rings (SSSR count). The van der Waals surface area contributed by atoms with E-state index in [9.17, 15) is 9.59 Å². The molecule has 2 aromatic rings. The lowest BCUT2D eigenvalue weighted by Gasteiger charge is -2.22. The summed E-state index contributed by atoms with van der Waals surface area (Å²) in [6.45, 7) is 3.77. The molecule has 0 saturated heterocycles. The van der Waals surface area contributed by atoms with Crippen LogP contribution in [0.25, 0.3) is 0 Å². The van der Waals surface area contributed by atoms with E-state index in [0.717, 1.165) is 5.56 Å². The summed E-state index contributed by atoms with van der Waals surface area (Å²) in [5.74, 6) is -0.0230. The molecule has 1 unspecified atom stereocenters. The monoisotopic (exact) mass is 374 g/mol. The third-order valence-electron chi connectivity index (χ3n) is 3.89. The van der Waals surface area contributed by atoms with Crippen LogP contribution in [0, 0.1) is 5.92 Å². The summed E-state index contributed by atoms with van der Waals surface area (Å²) in [6, 6.07) is 13.8. The van der Waals surface area contributed by atoms with Gasteiger partial charge >= 0.3 is 0 Å². The average molecular weight is 375 g/mol. The fourth-order valence-electron chi connectivity index (χ4n) is 2.50. The highest BCUT2D eigenvalue weighted by atomic mass is 35.5. The molecule has 6 heteroatoms. The Labute approximate surface area is 158 Å². The number of hydrogen-bond donors (Lipinski definition) is 2. The molecule has 138 valence electrons. The van der Waals surface area contributed by atoms with Gasteiger partial charge in [-0.1, -0.05) is 55.8 Å². The van der Waals surface area contributed by atoms with Gasteiger partial charge in [0.25, 0.3) is 0 Å². The highest BCUT2D eigenvalue weighted by Crippen LogP contribution is 2.27. The molecule has 0 heterocycles. The zero-order valence-corrected chi connectivity index (χ0v) is 15.8. The molecule has 0 bridgehead atoms. The van der Waals surface area contributed by atoms with E-state index in [1.165, 1.54) is 7.11 Å². The zero-order valence-electron chi connectivity index (χ0n) is 15.1. The van der Waals surface area contributed by atoms with Crippen molar-refractivity contribution in [2.75, 3.05) is 12.4 Å². The molecule has 0 aromatic heterocycles. The van der Waals surface area contributed by atoms with Crippen LogP contribution in [0.3, 0.4) is 0 Å². The van der Waals surface area contributed by atoms with Crippen molar-refractivity contribution in [3.8, 4) is 5.75 Å². The molecular weight excluding hydrogens is 352 g/mol. The number of carbonyl (C=O) groups is 2. The van der Waals surface area contributed by atoms with Crippen molar-refractivity contribution >= 4 is 29.1 Å². The summed E-state index contributed by atoms with van der Waals surface area (Å²) in [6.07, 6.45) is 0.228. The Balaban J connectivity index is 2.02. The second-order valence-electron chi connectivity index (χ2n) is 6.29. The number of amides is 2. The second-order valence-corrected chi connectivity index (χ2v) is 6.70. The molecule has 1 atom stereocenters. The van der Waals surface area contributed by atoms with E-state index in [4.69, 9.17) is 16.3 Å². The number of halogens is 1. The number of ether oxygens (including phenoxy) is 1. The number of nitrogens with one attached hydrogen (secondary N) is 2. The van der Waals surface area contributed by atoms with Crippen molar-refractivity contribution in [3.05, 3.63) is 59.1 Å². The second kappa shape index (κ2) is 9.25. The van der Waals surface area contributed by atoms with Crippen molar-refractivity contribution in [1.29, 1.82) is 0 Å². The molecule has 0 aliphatic heterocycles. The van der Waals surface area contributed by atoms with Crippen molar-refractivity contribution in [2.45, 2.75) is 26.3 Å². The number of benzene rings is 2. The smallest absolute Gasteiger partial charge is 0.247 e. The number of rotatable bonds is 7. The van der Waals surface area contributed by atoms with Crippen LogP contribution in [0.2, 0.25) is 5.02 Å². The predicted molar refractivity (Wildman–Crippen MR) is 104 cm³/mol. The van der Waals surface area contributed by atoms with E-state index in [1.54, 1.807) is 18.2 Å². The lowest BCUT2D eigenvalue weighted by Crippen LogP contribution is -2.47. The third-order valence-corrected chi connectivity index (χ3v) is 4.19. The topological polar surface area (TPSA) is 67.4 Å². The maximum atomic E-state index is 12.6. The third kappa shape index (κ3) is 5.49.